The third kappa shape index (κ3) is 4.86. The van der Waals surface area contributed by atoms with Crippen LogP contribution in [0.4, 0.5) is 10.5 Å². The lowest BCUT2D eigenvalue weighted by Gasteiger charge is -2.37. The van der Waals surface area contributed by atoms with E-state index in [0.717, 1.165) is 37.2 Å². The summed E-state index contributed by atoms with van der Waals surface area (Å²) in [5, 5.41) is 12.8. The Bertz CT molecular complexity index is 902. The molecule has 6 nitrogen and oxygen atoms in total. The van der Waals surface area contributed by atoms with E-state index < -0.39 is 0 Å². The van der Waals surface area contributed by atoms with Gasteiger partial charge in [-0.15, -0.1) is 0 Å². The molecule has 2 aliphatic heterocycles. The molecule has 156 valence electrons. The minimum atomic E-state index is -0.125. The Labute approximate surface area is 182 Å². The summed E-state index contributed by atoms with van der Waals surface area (Å²) < 4.78 is 5.86. The van der Waals surface area contributed by atoms with Crippen LogP contribution in [-0.2, 0) is 4.74 Å². The number of benzene rings is 2. The maximum Gasteiger partial charge on any atom is 0.317 e. The van der Waals surface area contributed by atoms with Crippen molar-refractivity contribution in [1.29, 1.82) is 5.26 Å². The molecule has 1 unspecified atom stereocenters. The number of halogens is 1. The number of carbonyl (C=O) groups is 1. The quantitative estimate of drug-likeness (QED) is 0.809. The van der Waals surface area contributed by atoms with Gasteiger partial charge >= 0.3 is 6.03 Å². The Balaban J connectivity index is 1.28. The van der Waals surface area contributed by atoms with Crippen molar-refractivity contribution in [2.24, 2.45) is 0 Å². The SMILES string of the molecule is N#Cc1ccc(N2CCC(NC(=O)N3CCOC(c4ccc(Cl)cc4)C3)CC2)cc1. The van der Waals surface area contributed by atoms with Gasteiger partial charge in [0.25, 0.3) is 0 Å². The average Bonchev–Trinajstić information content (AvgIpc) is 2.80. The molecule has 2 aromatic rings. The molecule has 2 fully saturated rings. The fourth-order valence-corrected chi connectivity index (χ4v) is 4.13. The lowest BCUT2D eigenvalue weighted by molar-refractivity contribution is -0.0158. The van der Waals surface area contributed by atoms with Crippen LogP contribution in [0, 0.1) is 11.3 Å². The number of hydrogen-bond donors (Lipinski definition) is 1. The second-order valence-electron chi connectivity index (χ2n) is 7.73. The lowest BCUT2D eigenvalue weighted by Crippen LogP contribution is -2.52. The van der Waals surface area contributed by atoms with Gasteiger partial charge in [0.05, 0.1) is 24.8 Å². The highest BCUT2D eigenvalue weighted by atomic mass is 35.5. The van der Waals surface area contributed by atoms with Crippen LogP contribution in [0.2, 0.25) is 5.02 Å². The summed E-state index contributed by atoms with van der Waals surface area (Å²) in [6.07, 6.45) is 1.67. The Morgan fingerprint density at radius 2 is 1.77 bits per heavy atom. The van der Waals surface area contributed by atoms with Crippen molar-refractivity contribution in [3.63, 3.8) is 0 Å². The first kappa shape index (κ1) is 20.5. The summed E-state index contributed by atoms with van der Waals surface area (Å²) in [5.74, 6) is 0. The fraction of sp³-hybridized carbons (Fsp3) is 0.391. The number of piperidine rings is 1. The molecule has 1 atom stereocenters. The van der Waals surface area contributed by atoms with E-state index in [0.29, 0.717) is 30.3 Å². The number of nitrogens with one attached hydrogen (secondary N) is 1. The number of amides is 2. The Hall–Kier alpha value is -2.75. The highest BCUT2D eigenvalue weighted by Crippen LogP contribution is 2.24. The molecule has 2 aliphatic rings. The van der Waals surface area contributed by atoms with Crippen LogP contribution in [0.25, 0.3) is 0 Å². The summed E-state index contributed by atoms with van der Waals surface area (Å²) in [7, 11) is 0. The molecule has 2 aromatic carbocycles. The van der Waals surface area contributed by atoms with Crippen LogP contribution in [0.5, 0.6) is 0 Å². The van der Waals surface area contributed by atoms with E-state index in [2.05, 4.69) is 16.3 Å². The second-order valence-corrected chi connectivity index (χ2v) is 8.16. The molecule has 0 aliphatic carbocycles. The number of rotatable bonds is 3. The van der Waals surface area contributed by atoms with Crippen molar-refractivity contribution >= 4 is 23.3 Å². The van der Waals surface area contributed by atoms with Gasteiger partial charge in [-0.3, -0.25) is 0 Å². The number of morpholine rings is 1. The molecule has 2 heterocycles. The zero-order valence-electron chi connectivity index (χ0n) is 16.8. The molecule has 0 radical (unpaired) electrons. The third-order valence-electron chi connectivity index (χ3n) is 5.78. The Kier molecular flexibility index (Phi) is 6.41. The monoisotopic (exact) mass is 424 g/mol. The van der Waals surface area contributed by atoms with Gasteiger partial charge in [0.1, 0.15) is 6.10 Å². The topological polar surface area (TPSA) is 68.6 Å². The summed E-state index contributed by atoms with van der Waals surface area (Å²) in [5.41, 5.74) is 2.83. The van der Waals surface area contributed by atoms with Crippen LogP contribution >= 0.6 is 11.6 Å². The maximum absolute atomic E-state index is 12.8. The summed E-state index contributed by atoms with van der Waals surface area (Å²) in [6, 6.07) is 17.6. The van der Waals surface area contributed by atoms with Gasteiger partial charge in [0.2, 0.25) is 0 Å². The minimum absolute atomic E-state index is 0.0194. The largest absolute Gasteiger partial charge is 0.371 e. The van der Waals surface area contributed by atoms with Crippen molar-refractivity contribution in [3.8, 4) is 6.07 Å². The zero-order valence-corrected chi connectivity index (χ0v) is 17.5. The number of nitrogens with zero attached hydrogens (tertiary/aromatic N) is 3. The van der Waals surface area contributed by atoms with Crippen LogP contribution in [-0.4, -0.2) is 49.8 Å². The maximum atomic E-state index is 12.8. The first-order valence-electron chi connectivity index (χ1n) is 10.3. The summed E-state index contributed by atoms with van der Waals surface area (Å²) >= 11 is 5.97. The second kappa shape index (κ2) is 9.38. The molecule has 2 saturated heterocycles. The predicted molar refractivity (Wildman–Crippen MR) is 117 cm³/mol. The number of hydrogen-bond acceptors (Lipinski definition) is 4. The number of urea groups is 1. The zero-order chi connectivity index (χ0) is 20.9. The van der Waals surface area contributed by atoms with Gasteiger partial charge in [0, 0.05) is 36.4 Å². The van der Waals surface area contributed by atoms with E-state index in [1.54, 1.807) is 0 Å². The van der Waals surface area contributed by atoms with Crippen LogP contribution in [0.15, 0.2) is 48.5 Å². The summed E-state index contributed by atoms with van der Waals surface area (Å²) in [6.45, 7) is 3.43. The van der Waals surface area contributed by atoms with Gasteiger partial charge in [-0.25, -0.2) is 4.79 Å². The summed E-state index contributed by atoms with van der Waals surface area (Å²) in [4.78, 5) is 17.0. The number of anilines is 1. The van der Waals surface area contributed by atoms with Crippen LogP contribution in [0.3, 0.4) is 0 Å². The molecule has 0 aromatic heterocycles. The lowest BCUT2D eigenvalue weighted by atomic mass is 10.0. The van der Waals surface area contributed by atoms with E-state index in [1.165, 1.54) is 0 Å². The van der Waals surface area contributed by atoms with E-state index in [-0.39, 0.29) is 18.2 Å². The van der Waals surface area contributed by atoms with Crippen molar-refractivity contribution < 1.29 is 9.53 Å². The van der Waals surface area contributed by atoms with E-state index in [1.807, 2.05) is 53.4 Å². The van der Waals surface area contributed by atoms with E-state index in [9.17, 15) is 4.79 Å². The molecular weight excluding hydrogens is 400 g/mol. The normalized spacial score (nSPS) is 19.9. The van der Waals surface area contributed by atoms with Crippen molar-refractivity contribution in [2.75, 3.05) is 37.7 Å². The number of ether oxygens (including phenoxy) is 1. The molecule has 7 heteroatoms. The van der Waals surface area contributed by atoms with Gasteiger partial charge in [-0.2, -0.15) is 5.26 Å². The van der Waals surface area contributed by atoms with Crippen molar-refractivity contribution in [3.05, 3.63) is 64.7 Å². The van der Waals surface area contributed by atoms with Gasteiger partial charge < -0.3 is 19.9 Å². The predicted octanol–water partition coefficient (Wildman–Crippen LogP) is 3.96. The third-order valence-corrected chi connectivity index (χ3v) is 6.03. The highest BCUT2D eigenvalue weighted by molar-refractivity contribution is 6.30. The molecule has 30 heavy (non-hydrogen) atoms. The molecule has 0 bridgehead atoms. The van der Waals surface area contributed by atoms with Crippen LogP contribution < -0.4 is 10.2 Å². The highest BCUT2D eigenvalue weighted by Gasteiger charge is 2.28. The molecule has 4 rings (SSSR count). The Morgan fingerprint density at radius 3 is 2.43 bits per heavy atom. The van der Waals surface area contributed by atoms with Gasteiger partial charge in [-0.1, -0.05) is 23.7 Å². The first-order valence-corrected chi connectivity index (χ1v) is 10.7. The van der Waals surface area contributed by atoms with Crippen molar-refractivity contribution in [2.45, 2.75) is 25.0 Å². The van der Waals surface area contributed by atoms with Gasteiger partial charge in [0.15, 0.2) is 0 Å². The first-order chi connectivity index (χ1) is 14.6. The van der Waals surface area contributed by atoms with Crippen LogP contribution in [0.1, 0.15) is 30.1 Å². The van der Waals surface area contributed by atoms with Crippen molar-refractivity contribution in [1.82, 2.24) is 10.2 Å². The molecule has 0 saturated carbocycles. The molecule has 2 amide bonds. The van der Waals surface area contributed by atoms with E-state index >= 15 is 0 Å². The standard InChI is InChI=1S/C23H25ClN4O2/c24-19-5-3-18(4-6-19)22-16-28(13-14-30-22)23(29)26-20-9-11-27(12-10-20)21-7-1-17(15-25)2-8-21/h1-8,20,22H,9-14,16H2,(H,26,29). The molecule has 1 N–H and O–H groups in total. The number of carbonyl (C=O) groups excluding carboxylic acids is 1. The van der Waals surface area contributed by atoms with Gasteiger partial charge in [-0.05, 0) is 54.8 Å². The smallest absolute Gasteiger partial charge is 0.317 e. The van der Waals surface area contributed by atoms with E-state index in [4.69, 9.17) is 21.6 Å². The minimum Gasteiger partial charge on any atom is -0.371 e. The Morgan fingerprint density at radius 1 is 1.07 bits per heavy atom. The molecular formula is C23H25ClN4O2. The molecule has 0 spiro atoms. The fourth-order valence-electron chi connectivity index (χ4n) is 4.01. The average molecular weight is 425 g/mol. The number of nitriles is 1.